The van der Waals surface area contributed by atoms with Gasteiger partial charge in [-0.1, -0.05) is 23.8 Å². The van der Waals surface area contributed by atoms with Gasteiger partial charge in [0.05, 0.1) is 6.20 Å². The summed E-state index contributed by atoms with van der Waals surface area (Å²) in [6.45, 7) is 4.63. The van der Waals surface area contributed by atoms with Crippen LogP contribution in [-0.4, -0.2) is 20.8 Å². The van der Waals surface area contributed by atoms with Gasteiger partial charge in [-0.25, -0.2) is 4.68 Å². The molecule has 0 bridgehead atoms. The maximum atomic E-state index is 12.4. The molecule has 0 saturated heterocycles. The summed E-state index contributed by atoms with van der Waals surface area (Å²) in [7, 11) is 0. The van der Waals surface area contributed by atoms with Crippen LogP contribution in [0.5, 0.6) is 0 Å². The largest absolute Gasteiger partial charge is 0.398 e. The average molecular weight is 244 g/mol. The number of carbonyl (C=O) groups is 1. The Morgan fingerprint density at radius 2 is 2.22 bits per heavy atom. The molecule has 0 spiro atoms. The molecule has 5 heteroatoms. The smallest absolute Gasteiger partial charge is 0.214 e. The summed E-state index contributed by atoms with van der Waals surface area (Å²) < 4.78 is 1.62. The number of nitrogens with two attached hydrogens (primary N) is 1. The normalized spacial score (nSPS) is 10.6. The first kappa shape index (κ1) is 12.3. The zero-order chi connectivity index (χ0) is 13.1. The minimum atomic E-state index is -0.130. The second-order valence-corrected chi connectivity index (χ2v) is 4.26. The molecule has 0 aliphatic rings. The number of hydrogen-bond acceptors (Lipinski definition) is 4. The van der Waals surface area contributed by atoms with E-state index in [-0.39, 0.29) is 5.78 Å². The minimum Gasteiger partial charge on any atom is -0.398 e. The van der Waals surface area contributed by atoms with Crippen molar-refractivity contribution in [2.75, 3.05) is 5.73 Å². The first-order valence-corrected chi connectivity index (χ1v) is 5.92. The Kier molecular flexibility index (Phi) is 3.41. The highest BCUT2D eigenvalue weighted by molar-refractivity contribution is 6.11. The quantitative estimate of drug-likeness (QED) is 0.657. The monoisotopic (exact) mass is 244 g/mol. The second kappa shape index (κ2) is 5.00. The molecule has 0 aliphatic carbocycles. The van der Waals surface area contributed by atoms with Crippen LogP contribution < -0.4 is 5.73 Å². The molecular weight excluding hydrogens is 228 g/mol. The van der Waals surface area contributed by atoms with E-state index in [1.807, 2.05) is 19.9 Å². The molecular formula is C13H16N4O. The van der Waals surface area contributed by atoms with Crippen LogP contribution in [0.4, 0.5) is 5.69 Å². The number of nitrogen functional groups attached to an aromatic ring is 1. The highest BCUT2D eigenvalue weighted by Crippen LogP contribution is 2.17. The van der Waals surface area contributed by atoms with Crippen LogP contribution in [0.25, 0.3) is 0 Å². The molecule has 0 saturated carbocycles. The number of nitrogens with zero attached hydrogens (tertiary/aromatic N) is 3. The molecule has 2 N–H and O–H groups in total. The zero-order valence-electron chi connectivity index (χ0n) is 10.6. The molecule has 0 amide bonds. The number of carbonyl (C=O) groups excluding carboxylic acids is 1. The maximum absolute atomic E-state index is 12.4. The zero-order valence-corrected chi connectivity index (χ0v) is 10.6. The molecule has 2 aromatic rings. The van der Waals surface area contributed by atoms with Crippen LogP contribution in [0.1, 0.15) is 35.0 Å². The van der Waals surface area contributed by atoms with Crippen molar-refractivity contribution in [3.05, 3.63) is 41.2 Å². The van der Waals surface area contributed by atoms with Crippen molar-refractivity contribution in [2.24, 2.45) is 0 Å². The summed E-state index contributed by atoms with van der Waals surface area (Å²) in [6.07, 6.45) is 2.38. The molecule has 18 heavy (non-hydrogen) atoms. The predicted molar refractivity (Wildman–Crippen MR) is 69.3 cm³/mol. The van der Waals surface area contributed by atoms with Crippen LogP contribution in [0.2, 0.25) is 0 Å². The molecule has 0 aliphatic heterocycles. The van der Waals surface area contributed by atoms with Crippen molar-refractivity contribution in [2.45, 2.75) is 26.8 Å². The molecule has 0 atom stereocenters. The van der Waals surface area contributed by atoms with Gasteiger partial charge in [0.1, 0.15) is 5.69 Å². The Labute approximate surface area is 106 Å². The number of benzene rings is 1. The van der Waals surface area contributed by atoms with Gasteiger partial charge < -0.3 is 5.73 Å². The highest BCUT2D eigenvalue weighted by Gasteiger charge is 2.17. The number of aromatic nitrogens is 3. The van der Waals surface area contributed by atoms with E-state index in [4.69, 9.17) is 5.73 Å². The lowest BCUT2D eigenvalue weighted by Gasteiger charge is -2.07. The fourth-order valence-electron chi connectivity index (χ4n) is 1.82. The van der Waals surface area contributed by atoms with Gasteiger partial charge >= 0.3 is 0 Å². The van der Waals surface area contributed by atoms with Gasteiger partial charge in [-0.15, -0.1) is 5.10 Å². The van der Waals surface area contributed by atoms with E-state index >= 15 is 0 Å². The van der Waals surface area contributed by atoms with Gasteiger partial charge in [-0.05, 0) is 25.5 Å². The van der Waals surface area contributed by atoms with Gasteiger partial charge in [0, 0.05) is 17.8 Å². The topological polar surface area (TPSA) is 73.8 Å². The van der Waals surface area contributed by atoms with E-state index in [1.54, 1.807) is 16.8 Å². The number of rotatable bonds is 4. The van der Waals surface area contributed by atoms with E-state index in [1.165, 1.54) is 6.20 Å². The minimum absolute atomic E-state index is 0.130. The van der Waals surface area contributed by atoms with Crippen LogP contribution in [0, 0.1) is 6.92 Å². The lowest BCUT2D eigenvalue weighted by molar-refractivity contribution is 0.102. The molecule has 0 radical (unpaired) electrons. The van der Waals surface area contributed by atoms with E-state index in [0.29, 0.717) is 23.5 Å². The van der Waals surface area contributed by atoms with Crippen molar-refractivity contribution in [1.82, 2.24) is 15.0 Å². The first-order valence-electron chi connectivity index (χ1n) is 5.92. The predicted octanol–water partition coefficient (Wildman–Crippen LogP) is 1.81. The average Bonchev–Trinajstić information content (AvgIpc) is 2.80. The Hall–Kier alpha value is -2.17. The first-order chi connectivity index (χ1) is 8.63. The van der Waals surface area contributed by atoms with Crippen LogP contribution in [0.15, 0.2) is 24.4 Å². The lowest BCUT2D eigenvalue weighted by Crippen LogP contribution is -2.13. The van der Waals surface area contributed by atoms with Crippen LogP contribution in [0.3, 0.4) is 0 Å². The Morgan fingerprint density at radius 3 is 2.94 bits per heavy atom. The third-order valence-electron chi connectivity index (χ3n) is 2.74. The molecule has 1 aromatic heterocycles. The number of aryl methyl sites for hydroxylation is 2. The molecule has 0 unspecified atom stereocenters. The van der Waals surface area contributed by atoms with Crippen LogP contribution >= 0.6 is 0 Å². The van der Waals surface area contributed by atoms with Crippen LogP contribution in [-0.2, 0) is 6.54 Å². The van der Waals surface area contributed by atoms with E-state index < -0.39 is 0 Å². The van der Waals surface area contributed by atoms with Gasteiger partial charge in [0.25, 0.3) is 0 Å². The van der Waals surface area contributed by atoms with Crippen molar-refractivity contribution < 1.29 is 4.79 Å². The van der Waals surface area contributed by atoms with Crippen molar-refractivity contribution >= 4 is 11.5 Å². The standard InChI is InChI=1S/C13H16N4O/c1-3-6-17-12(8-15-16-17)13(18)10-7-9(2)4-5-11(10)14/h4-5,7-8H,3,6,14H2,1-2H3. The molecule has 0 fully saturated rings. The summed E-state index contributed by atoms with van der Waals surface area (Å²) in [5, 5.41) is 7.70. The lowest BCUT2D eigenvalue weighted by atomic mass is 10.0. The molecule has 5 nitrogen and oxygen atoms in total. The third kappa shape index (κ3) is 2.25. The molecule has 1 heterocycles. The SMILES string of the molecule is CCCn1nncc1C(=O)c1cc(C)ccc1N. The Balaban J connectivity index is 2.41. The summed E-state index contributed by atoms with van der Waals surface area (Å²) >= 11 is 0. The summed E-state index contributed by atoms with van der Waals surface area (Å²) in [4.78, 5) is 12.4. The van der Waals surface area contributed by atoms with Gasteiger partial charge in [0.15, 0.2) is 0 Å². The van der Waals surface area contributed by atoms with E-state index in [9.17, 15) is 4.79 Å². The molecule has 2 rings (SSSR count). The summed E-state index contributed by atoms with van der Waals surface area (Å²) in [5.41, 5.74) is 8.32. The van der Waals surface area contributed by atoms with E-state index in [2.05, 4.69) is 10.3 Å². The summed E-state index contributed by atoms with van der Waals surface area (Å²) in [6, 6.07) is 5.42. The van der Waals surface area contributed by atoms with Gasteiger partial charge in [0.2, 0.25) is 5.78 Å². The fraction of sp³-hybridized carbons (Fsp3) is 0.308. The Morgan fingerprint density at radius 1 is 1.44 bits per heavy atom. The highest BCUT2D eigenvalue weighted by atomic mass is 16.1. The molecule has 1 aromatic carbocycles. The maximum Gasteiger partial charge on any atom is 0.214 e. The number of hydrogen-bond donors (Lipinski definition) is 1. The van der Waals surface area contributed by atoms with Gasteiger partial charge in [-0.3, -0.25) is 4.79 Å². The Bertz CT molecular complexity index is 574. The van der Waals surface area contributed by atoms with Gasteiger partial charge in [-0.2, -0.15) is 0 Å². The van der Waals surface area contributed by atoms with Crippen molar-refractivity contribution in [3.63, 3.8) is 0 Å². The van der Waals surface area contributed by atoms with Crippen molar-refractivity contribution in [1.29, 1.82) is 0 Å². The third-order valence-corrected chi connectivity index (χ3v) is 2.74. The van der Waals surface area contributed by atoms with Crippen molar-refractivity contribution in [3.8, 4) is 0 Å². The second-order valence-electron chi connectivity index (χ2n) is 4.26. The fourth-order valence-corrected chi connectivity index (χ4v) is 1.82. The number of anilines is 1. The van der Waals surface area contributed by atoms with E-state index in [0.717, 1.165) is 12.0 Å². The summed E-state index contributed by atoms with van der Waals surface area (Å²) in [5.74, 6) is -0.130. The number of ketones is 1. The molecule has 94 valence electrons.